The summed E-state index contributed by atoms with van der Waals surface area (Å²) in [7, 11) is 1.63. The normalized spacial score (nSPS) is 10.6. The Morgan fingerprint density at radius 1 is 1.28 bits per heavy atom. The van der Waals surface area contributed by atoms with Crippen molar-refractivity contribution in [2.45, 2.75) is 26.4 Å². The molecule has 0 aliphatic carbocycles. The maximum absolute atomic E-state index is 14.2. The number of anilines is 1. The number of hydrogen-bond donors (Lipinski definition) is 1. The second-order valence-electron chi connectivity index (χ2n) is 6.80. The Labute approximate surface area is 176 Å². The number of methoxy groups -OCH3 is 1. The molecule has 3 aromatic rings. The third kappa shape index (κ3) is 5.77. The first-order chi connectivity index (χ1) is 14.1. The molecule has 1 heterocycles. The summed E-state index contributed by atoms with van der Waals surface area (Å²) in [6.07, 6.45) is 6.32. The van der Waals surface area contributed by atoms with E-state index in [1.807, 2.05) is 46.9 Å². The maximum Gasteiger partial charge on any atom is 0.173 e. The number of hydrogen-bond acceptors (Lipinski definition) is 3. The van der Waals surface area contributed by atoms with Gasteiger partial charge in [0.1, 0.15) is 11.6 Å². The first kappa shape index (κ1) is 20.8. The lowest BCUT2D eigenvalue weighted by Crippen LogP contribution is -2.35. The number of nitrogens with zero attached hydrogens (tertiary/aromatic N) is 3. The summed E-state index contributed by atoms with van der Waals surface area (Å²) < 4.78 is 21.7. The average Bonchev–Trinajstić information content (AvgIpc) is 3.22. The standard InChI is InChI=1S/C22H25FN4OS/c1-17-8-9-21(28-2)20(14-17)25-22(29)27(12-5-11-26-13-10-24-16-26)15-18-6-3-4-7-19(18)23/h3-4,6-10,13-14,16H,5,11-12,15H2,1-2H3,(H,25,29). The fourth-order valence-corrected chi connectivity index (χ4v) is 3.33. The fraction of sp³-hybridized carbons (Fsp3) is 0.273. The molecular formula is C22H25FN4OS. The van der Waals surface area contributed by atoms with Crippen LogP contribution in [-0.2, 0) is 13.1 Å². The highest BCUT2D eigenvalue weighted by Crippen LogP contribution is 2.26. The number of benzene rings is 2. The molecule has 0 aliphatic heterocycles. The number of rotatable bonds is 8. The van der Waals surface area contributed by atoms with E-state index in [9.17, 15) is 4.39 Å². The van der Waals surface area contributed by atoms with E-state index in [0.29, 0.717) is 29.5 Å². The third-order valence-corrected chi connectivity index (χ3v) is 4.97. The number of imidazole rings is 1. The highest BCUT2D eigenvalue weighted by atomic mass is 32.1. The molecule has 7 heteroatoms. The molecule has 0 fully saturated rings. The maximum atomic E-state index is 14.2. The van der Waals surface area contributed by atoms with Crippen LogP contribution in [0.3, 0.4) is 0 Å². The monoisotopic (exact) mass is 412 g/mol. The number of ether oxygens (including phenoxy) is 1. The molecule has 0 aliphatic rings. The van der Waals surface area contributed by atoms with Gasteiger partial charge in [-0.2, -0.15) is 0 Å². The van der Waals surface area contributed by atoms with E-state index in [-0.39, 0.29) is 5.82 Å². The molecule has 152 valence electrons. The molecule has 3 rings (SSSR count). The van der Waals surface area contributed by atoms with Crippen molar-refractivity contribution in [3.05, 3.63) is 78.1 Å². The van der Waals surface area contributed by atoms with Crippen LogP contribution in [0.5, 0.6) is 5.75 Å². The second-order valence-corrected chi connectivity index (χ2v) is 7.19. The van der Waals surface area contributed by atoms with Crippen LogP contribution in [0.2, 0.25) is 0 Å². The van der Waals surface area contributed by atoms with E-state index >= 15 is 0 Å². The van der Waals surface area contributed by atoms with Crippen LogP contribution in [0.25, 0.3) is 0 Å². The first-order valence-corrected chi connectivity index (χ1v) is 9.87. The highest BCUT2D eigenvalue weighted by molar-refractivity contribution is 7.80. The van der Waals surface area contributed by atoms with Crippen LogP contribution in [-0.4, -0.2) is 33.2 Å². The summed E-state index contributed by atoms with van der Waals surface area (Å²) in [5.74, 6) is 0.477. The van der Waals surface area contributed by atoms with Gasteiger partial charge in [0.25, 0.3) is 0 Å². The van der Waals surface area contributed by atoms with Crippen molar-refractivity contribution < 1.29 is 9.13 Å². The minimum atomic E-state index is -0.233. The van der Waals surface area contributed by atoms with E-state index in [2.05, 4.69) is 10.3 Å². The first-order valence-electron chi connectivity index (χ1n) is 9.46. The summed E-state index contributed by atoms with van der Waals surface area (Å²) in [6, 6.07) is 12.7. The second kappa shape index (κ2) is 10.0. The van der Waals surface area contributed by atoms with Crippen molar-refractivity contribution >= 4 is 23.0 Å². The van der Waals surface area contributed by atoms with Crippen LogP contribution in [0.4, 0.5) is 10.1 Å². The van der Waals surface area contributed by atoms with Crippen molar-refractivity contribution in [2.24, 2.45) is 0 Å². The largest absolute Gasteiger partial charge is 0.495 e. The average molecular weight is 413 g/mol. The van der Waals surface area contributed by atoms with Crippen molar-refractivity contribution in [1.82, 2.24) is 14.5 Å². The zero-order chi connectivity index (χ0) is 20.6. The highest BCUT2D eigenvalue weighted by Gasteiger charge is 2.15. The number of halogens is 1. The van der Waals surface area contributed by atoms with E-state index in [1.165, 1.54) is 6.07 Å². The van der Waals surface area contributed by atoms with Crippen molar-refractivity contribution in [2.75, 3.05) is 19.0 Å². The van der Waals surface area contributed by atoms with Crippen LogP contribution in [0, 0.1) is 12.7 Å². The molecule has 0 unspecified atom stereocenters. The van der Waals surface area contributed by atoms with Gasteiger partial charge in [0.05, 0.1) is 19.1 Å². The van der Waals surface area contributed by atoms with E-state index in [1.54, 1.807) is 31.8 Å². The van der Waals surface area contributed by atoms with Crippen molar-refractivity contribution in [3.63, 3.8) is 0 Å². The zero-order valence-electron chi connectivity index (χ0n) is 16.6. The molecule has 0 saturated carbocycles. The van der Waals surface area contributed by atoms with E-state index in [0.717, 1.165) is 24.2 Å². The number of aryl methyl sites for hydroxylation is 2. The van der Waals surface area contributed by atoms with Crippen LogP contribution in [0.15, 0.2) is 61.2 Å². The van der Waals surface area contributed by atoms with Crippen molar-refractivity contribution in [3.8, 4) is 5.75 Å². The Kier molecular flexibility index (Phi) is 7.19. The lowest BCUT2D eigenvalue weighted by molar-refractivity contribution is 0.387. The molecule has 0 saturated heterocycles. The summed E-state index contributed by atoms with van der Waals surface area (Å²) in [6.45, 7) is 3.88. The topological polar surface area (TPSA) is 42.3 Å². The minimum Gasteiger partial charge on any atom is -0.495 e. The summed E-state index contributed by atoms with van der Waals surface area (Å²) in [5.41, 5.74) is 2.50. The molecule has 0 atom stereocenters. The molecule has 1 aromatic heterocycles. The lowest BCUT2D eigenvalue weighted by atomic mass is 10.2. The molecule has 29 heavy (non-hydrogen) atoms. The zero-order valence-corrected chi connectivity index (χ0v) is 17.5. The van der Waals surface area contributed by atoms with Gasteiger partial charge in [0, 0.05) is 37.6 Å². The van der Waals surface area contributed by atoms with Gasteiger partial charge in [-0.3, -0.25) is 0 Å². The lowest BCUT2D eigenvalue weighted by Gasteiger charge is -2.27. The molecule has 0 spiro atoms. The third-order valence-electron chi connectivity index (χ3n) is 4.61. The van der Waals surface area contributed by atoms with Gasteiger partial charge in [0.15, 0.2) is 5.11 Å². The van der Waals surface area contributed by atoms with Gasteiger partial charge in [-0.25, -0.2) is 9.37 Å². The Morgan fingerprint density at radius 3 is 2.83 bits per heavy atom. The van der Waals surface area contributed by atoms with Crippen LogP contribution < -0.4 is 10.1 Å². The fourth-order valence-electron chi connectivity index (χ4n) is 3.06. The molecule has 0 bridgehead atoms. The van der Waals surface area contributed by atoms with E-state index < -0.39 is 0 Å². The predicted octanol–water partition coefficient (Wildman–Crippen LogP) is 4.63. The Morgan fingerprint density at radius 2 is 2.10 bits per heavy atom. The number of thiocarbonyl (C=S) groups is 1. The molecular weight excluding hydrogens is 387 g/mol. The summed E-state index contributed by atoms with van der Waals surface area (Å²) >= 11 is 5.68. The van der Waals surface area contributed by atoms with Crippen LogP contribution >= 0.6 is 12.2 Å². The molecule has 5 nitrogen and oxygen atoms in total. The Bertz CT molecular complexity index is 946. The number of aromatic nitrogens is 2. The van der Waals surface area contributed by atoms with Gasteiger partial charge in [-0.1, -0.05) is 24.3 Å². The van der Waals surface area contributed by atoms with Gasteiger partial charge >= 0.3 is 0 Å². The minimum absolute atomic E-state index is 0.233. The van der Waals surface area contributed by atoms with Crippen molar-refractivity contribution in [1.29, 1.82) is 0 Å². The molecule has 2 aromatic carbocycles. The summed E-state index contributed by atoms with van der Waals surface area (Å²) in [4.78, 5) is 6.04. The molecule has 0 amide bonds. The predicted molar refractivity (Wildman–Crippen MR) is 118 cm³/mol. The van der Waals surface area contributed by atoms with Gasteiger partial charge < -0.3 is 19.5 Å². The van der Waals surface area contributed by atoms with Gasteiger partial charge in [0.2, 0.25) is 0 Å². The SMILES string of the molecule is COc1ccc(C)cc1NC(=S)N(CCCn1ccnc1)Cc1ccccc1F. The quantitative estimate of drug-likeness (QED) is 0.547. The molecule has 1 N–H and O–H groups in total. The Hall–Kier alpha value is -2.93. The van der Waals surface area contributed by atoms with Crippen LogP contribution in [0.1, 0.15) is 17.5 Å². The Balaban J connectivity index is 1.74. The smallest absolute Gasteiger partial charge is 0.173 e. The summed E-state index contributed by atoms with van der Waals surface area (Å²) in [5, 5.41) is 3.81. The molecule has 0 radical (unpaired) electrons. The van der Waals surface area contributed by atoms with Gasteiger partial charge in [-0.05, 0) is 49.3 Å². The van der Waals surface area contributed by atoms with Gasteiger partial charge in [-0.15, -0.1) is 0 Å². The van der Waals surface area contributed by atoms with E-state index in [4.69, 9.17) is 17.0 Å². The number of nitrogens with one attached hydrogen (secondary N) is 1.